The Morgan fingerprint density at radius 3 is 2.61 bits per heavy atom. The molecule has 11 heteroatoms. The van der Waals surface area contributed by atoms with Crippen molar-refractivity contribution >= 4 is 5.65 Å². The number of rotatable bonds is 5. The largest absolute Gasteiger partial charge is 0.480 e. The van der Waals surface area contributed by atoms with E-state index < -0.39 is 17.6 Å². The van der Waals surface area contributed by atoms with E-state index in [1.54, 1.807) is 16.9 Å². The molecule has 3 aromatic heterocycles. The Morgan fingerprint density at radius 2 is 1.88 bits per heavy atom. The molecule has 0 amide bonds. The fraction of sp³-hybridized carbons (Fsp3) is 0.273. The Kier molecular flexibility index (Phi) is 4.91. The van der Waals surface area contributed by atoms with E-state index in [1.807, 2.05) is 6.07 Å². The topological polar surface area (TPSA) is 74.4 Å². The van der Waals surface area contributed by atoms with Crippen molar-refractivity contribution in [1.82, 2.24) is 24.6 Å². The van der Waals surface area contributed by atoms with Crippen LogP contribution >= 0.6 is 0 Å². The van der Waals surface area contributed by atoms with Crippen LogP contribution in [-0.2, 0) is 6.18 Å². The normalized spacial score (nSPS) is 17.9. The first-order valence-electron chi connectivity index (χ1n) is 9.96. The third-order valence-corrected chi connectivity index (χ3v) is 5.69. The molecule has 170 valence electrons. The number of hydrogen-bond donors (Lipinski definition) is 0. The van der Waals surface area contributed by atoms with Crippen molar-refractivity contribution in [1.29, 1.82) is 0 Å². The Morgan fingerprint density at radius 1 is 1.06 bits per heavy atom. The minimum atomic E-state index is -4.75. The Labute approximate surface area is 185 Å². The second-order valence-electron chi connectivity index (χ2n) is 7.65. The molecule has 0 saturated heterocycles. The van der Waals surface area contributed by atoms with Crippen molar-refractivity contribution in [3.63, 3.8) is 0 Å². The first-order chi connectivity index (χ1) is 15.8. The molecule has 33 heavy (non-hydrogen) atoms. The number of fused-ring (bicyclic) bond motifs is 1. The van der Waals surface area contributed by atoms with Crippen LogP contribution in [0, 0.1) is 5.82 Å². The number of imidazole rings is 1. The maximum Gasteiger partial charge on any atom is 0.419 e. The van der Waals surface area contributed by atoms with Gasteiger partial charge in [-0.25, -0.2) is 18.9 Å². The summed E-state index contributed by atoms with van der Waals surface area (Å²) in [7, 11) is 2.90. The number of halogens is 4. The van der Waals surface area contributed by atoms with Gasteiger partial charge >= 0.3 is 12.2 Å². The maximum atomic E-state index is 13.7. The lowest BCUT2D eigenvalue weighted by Gasteiger charge is -2.12. The molecular formula is C22H17F4N5O2. The molecule has 4 aromatic rings. The molecule has 1 fully saturated rings. The van der Waals surface area contributed by atoms with E-state index in [4.69, 9.17) is 9.47 Å². The van der Waals surface area contributed by atoms with Crippen molar-refractivity contribution in [2.24, 2.45) is 0 Å². The third-order valence-electron chi connectivity index (χ3n) is 5.69. The van der Waals surface area contributed by atoms with Gasteiger partial charge in [-0.1, -0.05) is 6.07 Å². The molecule has 0 bridgehead atoms. The minimum Gasteiger partial charge on any atom is -0.480 e. The highest BCUT2D eigenvalue weighted by Crippen LogP contribution is 2.56. The maximum absolute atomic E-state index is 13.7. The Balaban J connectivity index is 1.55. The average molecular weight is 459 g/mol. The predicted molar refractivity (Wildman–Crippen MR) is 109 cm³/mol. The number of benzene rings is 1. The lowest BCUT2D eigenvalue weighted by atomic mass is 10.0. The summed E-state index contributed by atoms with van der Waals surface area (Å²) in [5.41, 5.74) is 1.61. The van der Waals surface area contributed by atoms with Crippen LogP contribution in [-0.4, -0.2) is 38.8 Å². The van der Waals surface area contributed by atoms with E-state index >= 15 is 0 Å². The Bertz CT molecular complexity index is 1350. The number of methoxy groups -OCH3 is 2. The molecule has 0 N–H and O–H groups in total. The SMILES string of the molecule is COc1ncc(-c2cc(C3C[C@@H]3c3ccc(F)c(C(F)(F)F)c3)c3nccn3n2)c(OC)n1. The van der Waals surface area contributed by atoms with E-state index in [0.29, 0.717) is 28.9 Å². The van der Waals surface area contributed by atoms with Gasteiger partial charge in [-0.3, -0.25) is 0 Å². The summed E-state index contributed by atoms with van der Waals surface area (Å²) in [6, 6.07) is 5.12. The van der Waals surface area contributed by atoms with Crippen molar-refractivity contribution in [3.8, 4) is 23.1 Å². The highest BCUT2D eigenvalue weighted by molar-refractivity contribution is 5.68. The molecule has 1 aromatic carbocycles. The van der Waals surface area contributed by atoms with Crippen LogP contribution in [0.25, 0.3) is 16.9 Å². The number of ether oxygens (including phenoxy) is 2. The zero-order valence-corrected chi connectivity index (χ0v) is 17.5. The van der Waals surface area contributed by atoms with Gasteiger partial charge in [0.2, 0.25) is 5.88 Å². The molecule has 5 rings (SSSR count). The van der Waals surface area contributed by atoms with Gasteiger partial charge < -0.3 is 9.47 Å². The fourth-order valence-electron chi connectivity index (χ4n) is 4.02. The van der Waals surface area contributed by atoms with Crippen molar-refractivity contribution < 1.29 is 27.0 Å². The summed E-state index contributed by atoms with van der Waals surface area (Å²) in [6.07, 6.45) is 0.644. The van der Waals surface area contributed by atoms with Gasteiger partial charge in [0.15, 0.2) is 5.65 Å². The molecule has 1 saturated carbocycles. The van der Waals surface area contributed by atoms with E-state index in [0.717, 1.165) is 17.7 Å². The lowest BCUT2D eigenvalue weighted by molar-refractivity contribution is -0.140. The lowest BCUT2D eigenvalue weighted by Crippen LogP contribution is -2.08. The summed E-state index contributed by atoms with van der Waals surface area (Å²) in [5, 5.41) is 4.55. The molecule has 1 aliphatic carbocycles. The van der Waals surface area contributed by atoms with Crippen LogP contribution in [0.15, 0.2) is 42.9 Å². The van der Waals surface area contributed by atoms with Crippen molar-refractivity contribution in [3.05, 3.63) is 65.4 Å². The summed E-state index contributed by atoms with van der Waals surface area (Å²) >= 11 is 0. The zero-order valence-electron chi connectivity index (χ0n) is 17.5. The summed E-state index contributed by atoms with van der Waals surface area (Å²) in [4.78, 5) is 12.7. The molecule has 0 radical (unpaired) electrons. The second-order valence-corrected chi connectivity index (χ2v) is 7.65. The summed E-state index contributed by atoms with van der Waals surface area (Å²) in [5.74, 6) is -1.32. The van der Waals surface area contributed by atoms with Crippen LogP contribution in [0.2, 0.25) is 0 Å². The number of aromatic nitrogens is 5. The number of nitrogens with zero attached hydrogens (tertiary/aromatic N) is 5. The smallest absolute Gasteiger partial charge is 0.419 e. The van der Waals surface area contributed by atoms with Gasteiger partial charge in [-0.2, -0.15) is 23.3 Å². The predicted octanol–water partition coefficient (Wildman–Crippen LogP) is 4.63. The molecular weight excluding hydrogens is 442 g/mol. The van der Waals surface area contributed by atoms with Gasteiger partial charge in [0.25, 0.3) is 0 Å². The summed E-state index contributed by atoms with van der Waals surface area (Å²) < 4.78 is 65.2. The zero-order chi connectivity index (χ0) is 23.3. The molecule has 3 heterocycles. The van der Waals surface area contributed by atoms with Gasteiger partial charge in [-0.15, -0.1) is 0 Å². The molecule has 1 aliphatic rings. The minimum absolute atomic E-state index is 0.103. The van der Waals surface area contributed by atoms with Gasteiger partial charge in [0.05, 0.1) is 31.0 Å². The van der Waals surface area contributed by atoms with Crippen LogP contribution < -0.4 is 9.47 Å². The number of alkyl halides is 3. The Hall–Kier alpha value is -3.76. The van der Waals surface area contributed by atoms with Crippen LogP contribution in [0.5, 0.6) is 11.9 Å². The monoisotopic (exact) mass is 459 g/mol. The van der Waals surface area contributed by atoms with Gasteiger partial charge in [0, 0.05) is 24.2 Å². The molecule has 0 spiro atoms. The standard InChI is InChI=1S/C22H17F4N5O2/c1-32-20-15(10-28-21(29-20)33-2)18-9-14(19-27-5-6-31(19)30-18)13-8-12(13)11-3-4-17(23)16(7-11)22(24,25)26/h3-7,9-10,12-13H,8H2,1-2H3/t12-,13?/m1/s1. The first-order valence-corrected chi connectivity index (χ1v) is 9.96. The quantitative estimate of drug-likeness (QED) is 0.405. The highest BCUT2D eigenvalue weighted by Gasteiger charge is 2.43. The van der Waals surface area contributed by atoms with Gasteiger partial charge in [0.1, 0.15) is 5.82 Å². The summed E-state index contributed by atoms with van der Waals surface area (Å²) in [6.45, 7) is 0. The van der Waals surface area contributed by atoms with E-state index in [2.05, 4.69) is 20.1 Å². The van der Waals surface area contributed by atoms with Crippen molar-refractivity contribution in [2.45, 2.75) is 24.4 Å². The van der Waals surface area contributed by atoms with Gasteiger partial charge in [-0.05, 0) is 42.0 Å². The van der Waals surface area contributed by atoms with E-state index in [9.17, 15) is 17.6 Å². The van der Waals surface area contributed by atoms with Crippen molar-refractivity contribution in [2.75, 3.05) is 14.2 Å². The van der Waals surface area contributed by atoms with Crippen LogP contribution in [0.3, 0.4) is 0 Å². The first kappa shape index (κ1) is 21.1. The third kappa shape index (κ3) is 3.73. The molecule has 1 unspecified atom stereocenters. The van der Waals surface area contributed by atoms with Crippen LogP contribution in [0.4, 0.5) is 17.6 Å². The van der Waals surface area contributed by atoms with Crippen LogP contribution in [0.1, 0.15) is 34.9 Å². The molecule has 7 nitrogen and oxygen atoms in total. The average Bonchev–Trinajstić information content (AvgIpc) is 3.45. The number of hydrogen-bond acceptors (Lipinski definition) is 6. The fourth-order valence-corrected chi connectivity index (χ4v) is 4.02. The highest BCUT2D eigenvalue weighted by atomic mass is 19.4. The van der Waals surface area contributed by atoms with E-state index in [-0.39, 0.29) is 23.7 Å². The van der Waals surface area contributed by atoms with E-state index in [1.165, 1.54) is 26.5 Å². The molecule has 2 atom stereocenters. The second kappa shape index (κ2) is 7.68. The molecule has 0 aliphatic heterocycles.